The summed E-state index contributed by atoms with van der Waals surface area (Å²) < 4.78 is 11.0. The van der Waals surface area contributed by atoms with E-state index in [0.29, 0.717) is 6.42 Å². The maximum Gasteiger partial charge on any atom is 0.246 e. The smallest absolute Gasteiger partial charge is 0.246 e. The highest BCUT2D eigenvalue weighted by Crippen LogP contribution is 2.42. The number of fused-ring (bicyclic) bond motifs is 1. The molecule has 1 aliphatic rings. The molecule has 5 heteroatoms. The van der Waals surface area contributed by atoms with E-state index in [-0.39, 0.29) is 24.2 Å². The van der Waals surface area contributed by atoms with E-state index in [1.807, 2.05) is 25.1 Å². The van der Waals surface area contributed by atoms with Gasteiger partial charge in [0.2, 0.25) is 5.91 Å². The molecule has 5 nitrogen and oxygen atoms in total. The zero-order chi connectivity index (χ0) is 16.3. The molecule has 3 atom stereocenters. The number of amides is 1. The molecule has 0 radical (unpaired) electrons. The number of hydrogen-bond donors (Lipinski definition) is 2. The maximum atomic E-state index is 11.9. The minimum absolute atomic E-state index is 0.0334. The van der Waals surface area contributed by atoms with Crippen molar-refractivity contribution in [3.05, 3.63) is 29.3 Å². The highest BCUT2D eigenvalue weighted by atomic mass is 16.5. The van der Waals surface area contributed by atoms with Crippen molar-refractivity contribution in [2.75, 3.05) is 13.7 Å². The Morgan fingerprint density at radius 1 is 1.59 bits per heavy atom. The van der Waals surface area contributed by atoms with Gasteiger partial charge >= 0.3 is 0 Å². The summed E-state index contributed by atoms with van der Waals surface area (Å²) in [6.45, 7) is 5.88. The standard InChI is InChI=1S/C17H25NO4/c1-5-17(3)9-14(18-16(20)10-21-4)13-8-12(11(2)19)6-7-15(13)22-17/h6-8,11,14,19H,5,9-10H2,1-4H3,(H,18,20). The third kappa shape index (κ3) is 3.59. The number of rotatable bonds is 5. The number of benzene rings is 1. The Morgan fingerprint density at radius 2 is 2.32 bits per heavy atom. The molecule has 2 N–H and O–H groups in total. The van der Waals surface area contributed by atoms with Crippen LogP contribution in [0.2, 0.25) is 0 Å². The van der Waals surface area contributed by atoms with Crippen LogP contribution in [0.5, 0.6) is 5.75 Å². The Labute approximate surface area is 131 Å². The summed E-state index contributed by atoms with van der Waals surface area (Å²) in [5.74, 6) is 0.615. The lowest BCUT2D eigenvalue weighted by Crippen LogP contribution is -2.43. The van der Waals surface area contributed by atoms with Crippen molar-refractivity contribution in [3.8, 4) is 5.75 Å². The van der Waals surface area contributed by atoms with Crippen LogP contribution in [0.4, 0.5) is 0 Å². The molecule has 0 saturated carbocycles. The van der Waals surface area contributed by atoms with E-state index in [4.69, 9.17) is 9.47 Å². The molecule has 2 rings (SSSR count). The Balaban J connectivity index is 2.35. The van der Waals surface area contributed by atoms with Gasteiger partial charge in [-0.05, 0) is 38.0 Å². The summed E-state index contributed by atoms with van der Waals surface area (Å²) in [6, 6.07) is 5.50. The lowest BCUT2D eigenvalue weighted by Gasteiger charge is -2.40. The number of carbonyl (C=O) groups is 1. The van der Waals surface area contributed by atoms with Gasteiger partial charge in [-0.1, -0.05) is 13.0 Å². The van der Waals surface area contributed by atoms with Crippen LogP contribution in [-0.2, 0) is 9.53 Å². The van der Waals surface area contributed by atoms with Gasteiger partial charge in [0, 0.05) is 19.1 Å². The van der Waals surface area contributed by atoms with Crippen LogP contribution in [0.1, 0.15) is 56.9 Å². The Hall–Kier alpha value is -1.59. The SMILES string of the molecule is CCC1(C)CC(NC(=O)COC)c2cc(C(C)O)ccc2O1. The summed E-state index contributed by atoms with van der Waals surface area (Å²) in [6.07, 6.45) is 0.983. The van der Waals surface area contributed by atoms with E-state index in [1.165, 1.54) is 7.11 Å². The first-order valence-electron chi connectivity index (χ1n) is 7.67. The summed E-state index contributed by atoms with van der Waals surface area (Å²) >= 11 is 0. The van der Waals surface area contributed by atoms with Crippen molar-refractivity contribution in [1.29, 1.82) is 0 Å². The lowest BCUT2D eigenvalue weighted by atomic mass is 9.85. The fraction of sp³-hybridized carbons (Fsp3) is 0.588. The van der Waals surface area contributed by atoms with E-state index >= 15 is 0 Å². The largest absolute Gasteiger partial charge is 0.487 e. The second kappa shape index (κ2) is 6.67. The van der Waals surface area contributed by atoms with E-state index in [9.17, 15) is 9.90 Å². The van der Waals surface area contributed by atoms with Crippen molar-refractivity contribution in [2.45, 2.75) is 51.4 Å². The molecule has 0 bridgehead atoms. The molecule has 0 aliphatic carbocycles. The van der Waals surface area contributed by atoms with Gasteiger partial charge in [0.05, 0.1) is 12.1 Å². The van der Waals surface area contributed by atoms with Crippen LogP contribution in [0.15, 0.2) is 18.2 Å². The van der Waals surface area contributed by atoms with E-state index < -0.39 is 6.10 Å². The Kier molecular flexibility index (Phi) is 5.08. The van der Waals surface area contributed by atoms with Crippen LogP contribution in [-0.4, -0.2) is 30.3 Å². The van der Waals surface area contributed by atoms with Crippen molar-refractivity contribution < 1.29 is 19.4 Å². The van der Waals surface area contributed by atoms with Gasteiger partial charge in [-0.3, -0.25) is 4.79 Å². The maximum absolute atomic E-state index is 11.9. The molecule has 1 aliphatic heterocycles. The summed E-state index contributed by atoms with van der Waals surface area (Å²) in [5, 5.41) is 12.8. The third-order valence-corrected chi connectivity index (χ3v) is 4.24. The molecule has 0 saturated heterocycles. The number of nitrogens with one attached hydrogen (secondary N) is 1. The number of ether oxygens (including phenoxy) is 2. The summed E-state index contributed by atoms with van der Waals surface area (Å²) in [5.41, 5.74) is 1.41. The second-order valence-corrected chi connectivity index (χ2v) is 6.14. The number of aliphatic hydroxyl groups is 1. The lowest BCUT2D eigenvalue weighted by molar-refractivity contribution is -0.126. The van der Waals surface area contributed by atoms with Crippen LogP contribution in [0.3, 0.4) is 0 Å². The number of carbonyl (C=O) groups excluding carboxylic acids is 1. The molecule has 3 unspecified atom stereocenters. The normalized spacial score (nSPS) is 25.0. The van der Waals surface area contributed by atoms with Gasteiger partial charge in [-0.15, -0.1) is 0 Å². The van der Waals surface area contributed by atoms with E-state index in [0.717, 1.165) is 23.3 Å². The molecule has 1 amide bonds. The van der Waals surface area contributed by atoms with Crippen molar-refractivity contribution in [2.24, 2.45) is 0 Å². The molecular formula is C17H25NO4. The first-order valence-corrected chi connectivity index (χ1v) is 7.67. The Morgan fingerprint density at radius 3 is 2.91 bits per heavy atom. The van der Waals surface area contributed by atoms with Gasteiger partial charge in [0.25, 0.3) is 0 Å². The molecule has 122 valence electrons. The summed E-state index contributed by atoms with van der Waals surface area (Å²) in [7, 11) is 1.50. The molecule has 0 spiro atoms. The number of hydrogen-bond acceptors (Lipinski definition) is 4. The van der Waals surface area contributed by atoms with Crippen LogP contribution >= 0.6 is 0 Å². The van der Waals surface area contributed by atoms with Gasteiger partial charge < -0.3 is 19.9 Å². The number of aliphatic hydroxyl groups excluding tert-OH is 1. The highest BCUT2D eigenvalue weighted by Gasteiger charge is 2.37. The topological polar surface area (TPSA) is 67.8 Å². The van der Waals surface area contributed by atoms with Crippen LogP contribution < -0.4 is 10.1 Å². The fourth-order valence-corrected chi connectivity index (χ4v) is 2.75. The Bertz CT molecular complexity index is 543. The predicted octanol–water partition coefficient (Wildman–Crippen LogP) is 2.49. The quantitative estimate of drug-likeness (QED) is 0.877. The minimum Gasteiger partial charge on any atom is -0.487 e. The van der Waals surface area contributed by atoms with E-state index in [1.54, 1.807) is 6.92 Å². The van der Waals surface area contributed by atoms with Gasteiger partial charge in [-0.2, -0.15) is 0 Å². The summed E-state index contributed by atoms with van der Waals surface area (Å²) in [4.78, 5) is 11.9. The van der Waals surface area contributed by atoms with E-state index in [2.05, 4.69) is 12.2 Å². The predicted molar refractivity (Wildman–Crippen MR) is 83.8 cm³/mol. The molecule has 1 aromatic rings. The van der Waals surface area contributed by atoms with Crippen molar-refractivity contribution >= 4 is 5.91 Å². The third-order valence-electron chi connectivity index (χ3n) is 4.24. The molecule has 0 fully saturated rings. The van der Waals surface area contributed by atoms with Gasteiger partial charge in [0.15, 0.2) is 0 Å². The van der Waals surface area contributed by atoms with Crippen LogP contribution in [0.25, 0.3) is 0 Å². The highest BCUT2D eigenvalue weighted by molar-refractivity contribution is 5.77. The zero-order valence-electron chi connectivity index (χ0n) is 13.7. The molecule has 1 heterocycles. The van der Waals surface area contributed by atoms with Gasteiger partial charge in [-0.25, -0.2) is 0 Å². The first-order chi connectivity index (χ1) is 10.4. The number of methoxy groups -OCH3 is 1. The average molecular weight is 307 g/mol. The average Bonchev–Trinajstić information content (AvgIpc) is 2.47. The van der Waals surface area contributed by atoms with Crippen molar-refractivity contribution in [1.82, 2.24) is 5.32 Å². The van der Waals surface area contributed by atoms with Gasteiger partial charge in [0.1, 0.15) is 18.0 Å². The molecule has 0 aromatic heterocycles. The monoisotopic (exact) mass is 307 g/mol. The molecule has 22 heavy (non-hydrogen) atoms. The molecular weight excluding hydrogens is 282 g/mol. The van der Waals surface area contributed by atoms with Crippen molar-refractivity contribution in [3.63, 3.8) is 0 Å². The zero-order valence-corrected chi connectivity index (χ0v) is 13.7. The fourth-order valence-electron chi connectivity index (χ4n) is 2.75. The second-order valence-electron chi connectivity index (χ2n) is 6.14. The first kappa shape index (κ1) is 16.8. The van der Waals surface area contributed by atoms with Crippen LogP contribution in [0, 0.1) is 0 Å². The minimum atomic E-state index is -0.555. The molecule has 1 aromatic carbocycles.